The molecule has 0 spiro atoms. The van der Waals surface area contributed by atoms with E-state index in [1.54, 1.807) is 11.3 Å². The van der Waals surface area contributed by atoms with Crippen LogP contribution in [-0.4, -0.2) is 22.3 Å². The molecule has 1 saturated heterocycles. The van der Waals surface area contributed by atoms with Crippen molar-refractivity contribution in [2.75, 3.05) is 6.54 Å². The molecular formula is C16H20N2O2S. The fourth-order valence-electron chi connectivity index (χ4n) is 2.95. The van der Waals surface area contributed by atoms with Gasteiger partial charge < -0.3 is 9.32 Å². The molecule has 112 valence electrons. The minimum atomic E-state index is 0.0712. The first-order valence-electron chi connectivity index (χ1n) is 7.36. The summed E-state index contributed by atoms with van der Waals surface area (Å²) in [6.07, 6.45) is 3.20. The third kappa shape index (κ3) is 2.75. The highest BCUT2D eigenvalue weighted by Crippen LogP contribution is 2.34. The number of hydrogen-bond acceptors (Lipinski definition) is 4. The van der Waals surface area contributed by atoms with E-state index in [-0.39, 0.29) is 11.9 Å². The van der Waals surface area contributed by atoms with Crippen LogP contribution in [0.15, 0.2) is 15.9 Å². The van der Waals surface area contributed by atoms with Crippen molar-refractivity contribution in [3.05, 3.63) is 39.2 Å². The molecule has 1 aliphatic rings. The Morgan fingerprint density at radius 3 is 2.81 bits per heavy atom. The van der Waals surface area contributed by atoms with Gasteiger partial charge in [0.1, 0.15) is 16.5 Å². The van der Waals surface area contributed by atoms with E-state index in [0.29, 0.717) is 11.3 Å². The van der Waals surface area contributed by atoms with Crippen LogP contribution in [0.1, 0.15) is 57.9 Å². The molecule has 2 aromatic rings. The molecule has 1 aliphatic heterocycles. The summed E-state index contributed by atoms with van der Waals surface area (Å²) < 4.78 is 5.51. The summed E-state index contributed by atoms with van der Waals surface area (Å²) in [5, 5.41) is 3.11. The molecule has 1 amide bonds. The number of aromatic nitrogens is 1. The van der Waals surface area contributed by atoms with Gasteiger partial charge in [-0.3, -0.25) is 4.79 Å². The topological polar surface area (TPSA) is 46.3 Å². The lowest BCUT2D eigenvalue weighted by molar-refractivity contribution is 0.0609. The number of hydrogen-bond donors (Lipinski definition) is 0. The van der Waals surface area contributed by atoms with Crippen LogP contribution in [0.3, 0.4) is 0 Å². The quantitative estimate of drug-likeness (QED) is 0.841. The van der Waals surface area contributed by atoms with Gasteiger partial charge in [-0.1, -0.05) is 0 Å². The maximum atomic E-state index is 12.9. The van der Waals surface area contributed by atoms with Gasteiger partial charge in [0, 0.05) is 17.6 Å². The summed E-state index contributed by atoms with van der Waals surface area (Å²) in [5.41, 5.74) is 1.72. The van der Waals surface area contributed by atoms with Crippen LogP contribution < -0.4 is 0 Å². The Morgan fingerprint density at radius 1 is 1.38 bits per heavy atom. The predicted molar refractivity (Wildman–Crippen MR) is 82.7 cm³/mol. The van der Waals surface area contributed by atoms with Gasteiger partial charge in [-0.25, -0.2) is 4.98 Å². The van der Waals surface area contributed by atoms with Crippen LogP contribution in [0, 0.1) is 20.8 Å². The Kier molecular flexibility index (Phi) is 3.85. The summed E-state index contributed by atoms with van der Waals surface area (Å²) in [7, 11) is 0. The number of furan rings is 1. The number of thiazole rings is 1. The lowest BCUT2D eigenvalue weighted by Gasteiger charge is -2.34. The Bertz CT molecular complexity index is 659. The van der Waals surface area contributed by atoms with Gasteiger partial charge in [-0.15, -0.1) is 11.3 Å². The Morgan fingerprint density at radius 2 is 2.19 bits per heavy atom. The maximum absolute atomic E-state index is 12.9. The largest absolute Gasteiger partial charge is 0.466 e. The minimum absolute atomic E-state index is 0.0712. The molecule has 0 aromatic carbocycles. The molecule has 1 atom stereocenters. The highest BCUT2D eigenvalue weighted by Gasteiger charge is 2.32. The smallest absolute Gasteiger partial charge is 0.257 e. The van der Waals surface area contributed by atoms with Gasteiger partial charge in [0.05, 0.1) is 11.6 Å². The lowest BCUT2D eigenvalue weighted by atomic mass is 10.0. The fraction of sp³-hybridized carbons (Fsp3) is 0.500. The van der Waals surface area contributed by atoms with Crippen molar-refractivity contribution in [2.45, 2.75) is 46.1 Å². The van der Waals surface area contributed by atoms with E-state index in [1.165, 1.54) is 0 Å². The van der Waals surface area contributed by atoms with Crippen molar-refractivity contribution in [1.82, 2.24) is 9.88 Å². The van der Waals surface area contributed by atoms with Gasteiger partial charge in [0.25, 0.3) is 5.91 Å². The van der Waals surface area contributed by atoms with Gasteiger partial charge in [0.15, 0.2) is 0 Å². The van der Waals surface area contributed by atoms with Crippen molar-refractivity contribution in [3.63, 3.8) is 0 Å². The first kappa shape index (κ1) is 14.3. The van der Waals surface area contributed by atoms with Crippen molar-refractivity contribution in [1.29, 1.82) is 0 Å². The maximum Gasteiger partial charge on any atom is 0.257 e. The predicted octanol–water partition coefficient (Wildman–Crippen LogP) is 4.03. The number of likely N-dealkylation sites (tertiary alicyclic amines) is 1. The Hall–Kier alpha value is -1.62. The zero-order valence-electron chi connectivity index (χ0n) is 12.7. The standard InChI is InChI=1S/C16H20N2O2S/c1-10-9-21-15(17-10)14-6-4-5-7-18(14)16(19)13-8-11(2)20-12(13)3/h8-9,14H,4-7H2,1-3H3/t14-/m0/s1. The first-order chi connectivity index (χ1) is 10.1. The SMILES string of the molecule is Cc1csc([C@@H]2CCCCN2C(=O)c2cc(C)oc2C)n1. The molecule has 2 aromatic heterocycles. The molecule has 0 saturated carbocycles. The summed E-state index contributed by atoms with van der Waals surface area (Å²) >= 11 is 1.65. The molecule has 21 heavy (non-hydrogen) atoms. The molecule has 0 N–H and O–H groups in total. The molecule has 0 bridgehead atoms. The van der Waals surface area contributed by atoms with Gasteiger partial charge >= 0.3 is 0 Å². The average Bonchev–Trinajstić information content (AvgIpc) is 3.04. The van der Waals surface area contributed by atoms with Crippen LogP contribution in [0.2, 0.25) is 0 Å². The Labute approximate surface area is 128 Å². The lowest BCUT2D eigenvalue weighted by Crippen LogP contribution is -2.38. The second-order valence-electron chi connectivity index (χ2n) is 5.66. The number of aryl methyl sites for hydroxylation is 3. The van der Waals surface area contributed by atoms with Gasteiger partial charge in [0.2, 0.25) is 0 Å². The van der Waals surface area contributed by atoms with E-state index < -0.39 is 0 Å². The van der Waals surface area contributed by atoms with Crippen LogP contribution in [0.4, 0.5) is 0 Å². The van der Waals surface area contributed by atoms with E-state index in [2.05, 4.69) is 10.4 Å². The summed E-state index contributed by atoms with van der Waals surface area (Å²) in [6, 6.07) is 1.95. The van der Waals surface area contributed by atoms with Crippen molar-refractivity contribution in [3.8, 4) is 0 Å². The van der Waals surface area contributed by atoms with E-state index in [9.17, 15) is 4.79 Å². The number of rotatable bonds is 2. The van der Waals surface area contributed by atoms with Crippen molar-refractivity contribution >= 4 is 17.2 Å². The molecule has 3 heterocycles. The monoisotopic (exact) mass is 304 g/mol. The molecule has 1 fully saturated rings. The summed E-state index contributed by atoms with van der Waals surface area (Å²) in [6.45, 7) is 6.53. The highest BCUT2D eigenvalue weighted by molar-refractivity contribution is 7.09. The van der Waals surface area contributed by atoms with Crippen LogP contribution >= 0.6 is 11.3 Å². The molecule has 0 unspecified atom stereocenters. The van der Waals surface area contributed by atoms with Gasteiger partial charge in [-0.05, 0) is 46.1 Å². The minimum Gasteiger partial charge on any atom is -0.466 e. The second kappa shape index (κ2) is 5.64. The summed E-state index contributed by atoms with van der Waals surface area (Å²) in [5.74, 6) is 1.56. The third-order valence-corrected chi connectivity index (χ3v) is 5.02. The van der Waals surface area contributed by atoms with Gasteiger partial charge in [-0.2, -0.15) is 0 Å². The fourth-order valence-corrected chi connectivity index (χ4v) is 3.90. The zero-order valence-corrected chi connectivity index (χ0v) is 13.5. The summed E-state index contributed by atoms with van der Waals surface area (Å²) in [4.78, 5) is 19.4. The van der Waals surface area contributed by atoms with Crippen LogP contribution in [0.25, 0.3) is 0 Å². The molecule has 0 aliphatic carbocycles. The second-order valence-corrected chi connectivity index (χ2v) is 6.55. The van der Waals surface area contributed by atoms with E-state index in [4.69, 9.17) is 4.42 Å². The van der Waals surface area contributed by atoms with E-state index in [1.807, 2.05) is 31.7 Å². The number of amides is 1. The van der Waals surface area contributed by atoms with E-state index in [0.717, 1.165) is 42.3 Å². The zero-order chi connectivity index (χ0) is 15.0. The van der Waals surface area contributed by atoms with Crippen LogP contribution in [-0.2, 0) is 0 Å². The van der Waals surface area contributed by atoms with Crippen molar-refractivity contribution in [2.24, 2.45) is 0 Å². The molecule has 4 nitrogen and oxygen atoms in total. The average molecular weight is 304 g/mol. The molecular weight excluding hydrogens is 284 g/mol. The molecule has 0 radical (unpaired) electrons. The highest BCUT2D eigenvalue weighted by atomic mass is 32.1. The number of carbonyl (C=O) groups is 1. The number of nitrogens with zero attached hydrogens (tertiary/aromatic N) is 2. The Balaban J connectivity index is 1.90. The number of piperidine rings is 1. The van der Waals surface area contributed by atoms with Crippen molar-refractivity contribution < 1.29 is 9.21 Å². The third-order valence-electron chi connectivity index (χ3n) is 3.96. The van der Waals surface area contributed by atoms with Crippen LogP contribution in [0.5, 0.6) is 0 Å². The molecule has 3 rings (SSSR count). The first-order valence-corrected chi connectivity index (χ1v) is 8.24. The number of carbonyl (C=O) groups excluding carboxylic acids is 1. The molecule has 5 heteroatoms. The normalized spacial score (nSPS) is 19.0. The van der Waals surface area contributed by atoms with E-state index >= 15 is 0 Å².